The zero-order valence-electron chi connectivity index (χ0n) is 13.2. The van der Waals surface area contributed by atoms with Gasteiger partial charge in [-0.3, -0.25) is 4.90 Å². The molecular formula is C17H26N4. The minimum Gasteiger partial charge on any atom is -0.311 e. The van der Waals surface area contributed by atoms with Crippen LogP contribution in [0.1, 0.15) is 25.0 Å². The minimum absolute atomic E-state index is 0.558. The average molecular weight is 286 g/mol. The second-order valence-corrected chi connectivity index (χ2v) is 5.76. The van der Waals surface area contributed by atoms with Crippen molar-refractivity contribution in [2.75, 3.05) is 39.3 Å². The lowest BCUT2D eigenvalue weighted by atomic mass is 10.1. The highest BCUT2D eigenvalue weighted by atomic mass is 15.3. The Morgan fingerprint density at radius 2 is 2.05 bits per heavy atom. The number of hydrogen-bond acceptors (Lipinski definition) is 4. The molecule has 4 heteroatoms. The van der Waals surface area contributed by atoms with Gasteiger partial charge in [0.25, 0.3) is 0 Å². The highest BCUT2D eigenvalue weighted by molar-refractivity contribution is 5.32. The molecule has 4 nitrogen and oxygen atoms in total. The Balaban J connectivity index is 1.72. The van der Waals surface area contributed by atoms with E-state index in [1.54, 1.807) is 0 Å². The summed E-state index contributed by atoms with van der Waals surface area (Å²) in [5.74, 6) is 0. The van der Waals surface area contributed by atoms with Gasteiger partial charge in [-0.05, 0) is 31.2 Å². The molecule has 1 heterocycles. The number of nitrogens with one attached hydrogen (secondary N) is 1. The molecule has 21 heavy (non-hydrogen) atoms. The first-order valence-corrected chi connectivity index (χ1v) is 7.89. The summed E-state index contributed by atoms with van der Waals surface area (Å²) in [7, 11) is 0. The van der Waals surface area contributed by atoms with Gasteiger partial charge in [0.1, 0.15) is 0 Å². The number of piperazine rings is 1. The highest BCUT2D eigenvalue weighted by Crippen LogP contribution is 2.07. The molecule has 2 rings (SSSR count). The van der Waals surface area contributed by atoms with Gasteiger partial charge in [0.2, 0.25) is 0 Å². The summed E-state index contributed by atoms with van der Waals surface area (Å²) < 4.78 is 0. The quantitative estimate of drug-likeness (QED) is 0.864. The Hall–Kier alpha value is -1.41. The first-order chi connectivity index (χ1) is 10.2. The van der Waals surface area contributed by atoms with E-state index in [1.165, 1.54) is 31.7 Å². The number of likely N-dealkylation sites (N-methyl/N-ethyl adjacent to an activating group) is 1. The summed E-state index contributed by atoms with van der Waals surface area (Å²) in [6.45, 7) is 12.2. The maximum absolute atomic E-state index is 8.91. The smallest absolute Gasteiger partial charge is 0.0991 e. The van der Waals surface area contributed by atoms with Crippen molar-refractivity contribution in [2.45, 2.75) is 26.4 Å². The Bertz CT molecular complexity index is 472. The first kappa shape index (κ1) is 16.0. The topological polar surface area (TPSA) is 42.3 Å². The fourth-order valence-corrected chi connectivity index (χ4v) is 2.83. The number of nitrogens with zero attached hydrogens (tertiary/aromatic N) is 3. The van der Waals surface area contributed by atoms with Crippen LogP contribution < -0.4 is 5.32 Å². The molecule has 1 N–H and O–H groups in total. The SMILES string of the molecule is CCN1CCN(C(C)CNCc2cccc(C#N)c2)CC1. The van der Waals surface area contributed by atoms with Crippen LogP contribution in [-0.2, 0) is 6.54 Å². The van der Waals surface area contributed by atoms with Crippen molar-refractivity contribution in [3.8, 4) is 6.07 Å². The van der Waals surface area contributed by atoms with E-state index in [2.05, 4.69) is 41.1 Å². The lowest BCUT2D eigenvalue weighted by Gasteiger charge is -2.37. The van der Waals surface area contributed by atoms with Crippen molar-refractivity contribution in [3.63, 3.8) is 0 Å². The zero-order chi connectivity index (χ0) is 15.1. The van der Waals surface area contributed by atoms with E-state index in [0.29, 0.717) is 6.04 Å². The minimum atomic E-state index is 0.558. The molecule has 1 aliphatic rings. The Morgan fingerprint density at radius 3 is 2.71 bits per heavy atom. The molecule has 1 aliphatic heterocycles. The normalized spacial score (nSPS) is 18.3. The molecule has 1 unspecified atom stereocenters. The maximum atomic E-state index is 8.91. The van der Waals surface area contributed by atoms with Gasteiger partial charge in [-0.15, -0.1) is 0 Å². The number of rotatable bonds is 6. The molecule has 0 saturated carbocycles. The summed E-state index contributed by atoms with van der Waals surface area (Å²) in [4.78, 5) is 5.06. The van der Waals surface area contributed by atoms with Gasteiger partial charge in [-0.25, -0.2) is 0 Å². The Kier molecular flexibility index (Phi) is 6.19. The van der Waals surface area contributed by atoms with Crippen LogP contribution in [0, 0.1) is 11.3 Å². The molecular weight excluding hydrogens is 260 g/mol. The summed E-state index contributed by atoms with van der Waals surface area (Å²) in [6.07, 6.45) is 0. The van der Waals surface area contributed by atoms with Crippen LogP contribution in [0.4, 0.5) is 0 Å². The third-order valence-corrected chi connectivity index (χ3v) is 4.30. The largest absolute Gasteiger partial charge is 0.311 e. The van der Waals surface area contributed by atoms with Crippen molar-refractivity contribution in [1.29, 1.82) is 5.26 Å². The summed E-state index contributed by atoms with van der Waals surface area (Å²) in [6, 6.07) is 10.6. The van der Waals surface area contributed by atoms with E-state index in [-0.39, 0.29) is 0 Å². The molecule has 0 bridgehead atoms. The van der Waals surface area contributed by atoms with Gasteiger partial charge in [-0.2, -0.15) is 5.26 Å². The van der Waals surface area contributed by atoms with Crippen molar-refractivity contribution in [3.05, 3.63) is 35.4 Å². The van der Waals surface area contributed by atoms with Gasteiger partial charge in [0.05, 0.1) is 11.6 Å². The van der Waals surface area contributed by atoms with Crippen LogP contribution in [0.2, 0.25) is 0 Å². The Labute approximate surface area is 128 Å². The molecule has 0 aliphatic carbocycles. The van der Waals surface area contributed by atoms with Crippen LogP contribution in [0.25, 0.3) is 0 Å². The fraction of sp³-hybridized carbons (Fsp3) is 0.588. The van der Waals surface area contributed by atoms with Crippen LogP contribution in [0.5, 0.6) is 0 Å². The van der Waals surface area contributed by atoms with E-state index < -0.39 is 0 Å². The average Bonchev–Trinajstić information content (AvgIpc) is 2.55. The van der Waals surface area contributed by atoms with Gasteiger partial charge >= 0.3 is 0 Å². The van der Waals surface area contributed by atoms with E-state index in [1.807, 2.05) is 18.2 Å². The van der Waals surface area contributed by atoms with Gasteiger partial charge in [0.15, 0.2) is 0 Å². The van der Waals surface area contributed by atoms with Crippen LogP contribution >= 0.6 is 0 Å². The molecule has 1 aromatic carbocycles. The van der Waals surface area contributed by atoms with Crippen LogP contribution in [0.3, 0.4) is 0 Å². The van der Waals surface area contributed by atoms with Crippen molar-refractivity contribution in [2.24, 2.45) is 0 Å². The summed E-state index contributed by atoms with van der Waals surface area (Å²) in [5.41, 5.74) is 1.91. The molecule has 1 aromatic rings. The third-order valence-electron chi connectivity index (χ3n) is 4.30. The molecule has 0 amide bonds. The lowest BCUT2D eigenvalue weighted by Crippen LogP contribution is -2.51. The van der Waals surface area contributed by atoms with Gasteiger partial charge < -0.3 is 10.2 Å². The lowest BCUT2D eigenvalue weighted by molar-refractivity contribution is 0.105. The molecule has 114 valence electrons. The van der Waals surface area contributed by atoms with Crippen molar-refractivity contribution >= 4 is 0 Å². The van der Waals surface area contributed by atoms with E-state index in [0.717, 1.165) is 25.2 Å². The molecule has 0 spiro atoms. The van der Waals surface area contributed by atoms with E-state index >= 15 is 0 Å². The monoisotopic (exact) mass is 286 g/mol. The number of benzene rings is 1. The summed E-state index contributed by atoms with van der Waals surface area (Å²) in [5, 5.41) is 12.4. The third kappa shape index (κ3) is 4.82. The van der Waals surface area contributed by atoms with E-state index in [4.69, 9.17) is 5.26 Å². The van der Waals surface area contributed by atoms with E-state index in [9.17, 15) is 0 Å². The standard InChI is InChI=1S/C17H26N4/c1-3-20-7-9-21(10-8-20)15(2)13-19-14-17-6-4-5-16(11-17)12-18/h4-6,11,15,19H,3,7-10,13-14H2,1-2H3. The van der Waals surface area contributed by atoms with Gasteiger partial charge in [0, 0.05) is 45.3 Å². The predicted molar refractivity (Wildman–Crippen MR) is 86.0 cm³/mol. The maximum Gasteiger partial charge on any atom is 0.0991 e. The highest BCUT2D eigenvalue weighted by Gasteiger charge is 2.19. The van der Waals surface area contributed by atoms with Crippen molar-refractivity contribution in [1.82, 2.24) is 15.1 Å². The number of nitriles is 1. The second-order valence-electron chi connectivity index (χ2n) is 5.76. The van der Waals surface area contributed by atoms with Crippen molar-refractivity contribution < 1.29 is 0 Å². The second kappa shape index (κ2) is 8.14. The number of hydrogen-bond donors (Lipinski definition) is 1. The fourth-order valence-electron chi connectivity index (χ4n) is 2.83. The molecule has 1 atom stereocenters. The summed E-state index contributed by atoms with van der Waals surface area (Å²) >= 11 is 0. The predicted octanol–water partition coefficient (Wildman–Crippen LogP) is 1.67. The van der Waals surface area contributed by atoms with Crippen LogP contribution in [-0.4, -0.2) is 55.1 Å². The zero-order valence-corrected chi connectivity index (χ0v) is 13.2. The van der Waals surface area contributed by atoms with Crippen LogP contribution in [0.15, 0.2) is 24.3 Å². The molecule has 1 fully saturated rings. The molecule has 1 saturated heterocycles. The van der Waals surface area contributed by atoms with Gasteiger partial charge in [-0.1, -0.05) is 19.1 Å². The first-order valence-electron chi connectivity index (χ1n) is 7.89. The Morgan fingerprint density at radius 1 is 1.29 bits per heavy atom. The molecule has 0 aromatic heterocycles. The molecule has 0 radical (unpaired) electrons.